The van der Waals surface area contributed by atoms with E-state index in [1.54, 1.807) is 19.2 Å². The average Bonchev–Trinajstić information content (AvgIpc) is 3.28. The van der Waals surface area contributed by atoms with Gasteiger partial charge in [0.05, 0.1) is 12.7 Å². The number of aromatic nitrogens is 1. The molecule has 0 fully saturated rings. The molecule has 0 saturated heterocycles. The number of oxazole rings is 1. The molecule has 1 amide bonds. The maximum Gasteiger partial charge on any atom is 0.338 e. The van der Waals surface area contributed by atoms with E-state index in [2.05, 4.69) is 10.3 Å². The molecule has 4 rings (SSSR count). The van der Waals surface area contributed by atoms with Gasteiger partial charge in [0, 0.05) is 17.9 Å². The topological polar surface area (TPSA) is 90.7 Å². The molecule has 0 radical (unpaired) electrons. The summed E-state index contributed by atoms with van der Waals surface area (Å²) >= 11 is 1.39. The van der Waals surface area contributed by atoms with Crippen molar-refractivity contribution in [3.63, 3.8) is 0 Å². The first-order valence-electron chi connectivity index (χ1n) is 10.3. The fourth-order valence-electron chi connectivity index (χ4n) is 3.20. The Kier molecular flexibility index (Phi) is 7.26. The molecule has 168 valence electrons. The summed E-state index contributed by atoms with van der Waals surface area (Å²) in [6.07, 6.45) is 0. The van der Waals surface area contributed by atoms with Crippen molar-refractivity contribution in [2.75, 3.05) is 13.7 Å². The second-order valence-corrected chi connectivity index (χ2v) is 7.98. The van der Waals surface area contributed by atoms with Crippen LogP contribution in [0.3, 0.4) is 0 Å². The molecule has 0 unspecified atom stereocenters. The van der Waals surface area contributed by atoms with Crippen LogP contribution in [0.1, 0.15) is 21.5 Å². The van der Waals surface area contributed by atoms with Crippen molar-refractivity contribution >= 4 is 34.7 Å². The maximum atomic E-state index is 12.6. The number of fused-ring (bicyclic) bond motifs is 1. The number of methoxy groups -OCH3 is 1. The van der Waals surface area contributed by atoms with Gasteiger partial charge in [-0.1, -0.05) is 60.3 Å². The second-order valence-electron chi connectivity index (χ2n) is 7.06. The van der Waals surface area contributed by atoms with E-state index in [0.29, 0.717) is 27.9 Å². The SMILES string of the molecule is COc1ccccc1CNC(=O)COC(=O)c1ccccc1CSc1nc2ccccc2o1. The minimum atomic E-state index is -0.559. The molecule has 0 atom stereocenters. The highest BCUT2D eigenvalue weighted by atomic mass is 32.2. The van der Waals surface area contributed by atoms with Crippen molar-refractivity contribution < 1.29 is 23.5 Å². The predicted octanol–water partition coefficient (Wildman–Crippen LogP) is 4.60. The molecule has 7 nitrogen and oxygen atoms in total. The van der Waals surface area contributed by atoms with Crippen LogP contribution in [0.2, 0.25) is 0 Å². The smallest absolute Gasteiger partial charge is 0.338 e. The number of carbonyl (C=O) groups excluding carboxylic acids is 2. The summed E-state index contributed by atoms with van der Waals surface area (Å²) in [4.78, 5) is 29.2. The fourth-order valence-corrected chi connectivity index (χ4v) is 4.04. The summed E-state index contributed by atoms with van der Waals surface area (Å²) in [6.45, 7) is -0.0985. The summed E-state index contributed by atoms with van der Waals surface area (Å²) < 4.78 is 16.2. The minimum Gasteiger partial charge on any atom is -0.496 e. The van der Waals surface area contributed by atoms with Crippen LogP contribution >= 0.6 is 11.8 Å². The number of rotatable bonds is 9. The van der Waals surface area contributed by atoms with Crippen molar-refractivity contribution in [2.24, 2.45) is 0 Å². The summed E-state index contributed by atoms with van der Waals surface area (Å²) in [7, 11) is 1.57. The van der Waals surface area contributed by atoms with Gasteiger partial charge in [0.2, 0.25) is 0 Å². The molecular weight excluding hydrogens is 440 g/mol. The van der Waals surface area contributed by atoms with Gasteiger partial charge in [0.15, 0.2) is 12.2 Å². The largest absolute Gasteiger partial charge is 0.496 e. The molecule has 0 spiro atoms. The summed E-state index contributed by atoms with van der Waals surface area (Å²) in [6, 6.07) is 22.0. The van der Waals surface area contributed by atoms with Gasteiger partial charge < -0.3 is 19.2 Å². The number of hydrogen-bond acceptors (Lipinski definition) is 7. The fraction of sp³-hybridized carbons (Fsp3) is 0.160. The number of ether oxygens (including phenoxy) is 2. The Morgan fingerprint density at radius 1 is 0.970 bits per heavy atom. The molecule has 1 aromatic heterocycles. The van der Waals surface area contributed by atoms with Gasteiger partial charge in [0.1, 0.15) is 11.3 Å². The zero-order valence-corrected chi connectivity index (χ0v) is 18.8. The first kappa shape index (κ1) is 22.4. The van der Waals surface area contributed by atoms with Crippen molar-refractivity contribution in [2.45, 2.75) is 17.5 Å². The van der Waals surface area contributed by atoms with Crippen LogP contribution in [0.4, 0.5) is 0 Å². The number of esters is 1. The Morgan fingerprint density at radius 2 is 1.70 bits per heavy atom. The second kappa shape index (κ2) is 10.7. The number of nitrogens with zero attached hydrogens (tertiary/aromatic N) is 1. The Hall–Kier alpha value is -3.78. The minimum absolute atomic E-state index is 0.276. The maximum absolute atomic E-state index is 12.6. The molecule has 0 bridgehead atoms. The molecule has 0 saturated carbocycles. The quantitative estimate of drug-likeness (QED) is 0.287. The van der Waals surface area contributed by atoms with E-state index in [1.807, 2.05) is 60.7 Å². The van der Waals surface area contributed by atoms with E-state index in [4.69, 9.17) is 13.9 Å². The van der Waals surface area contributed by atoms with Gasteiger partial charge in [-0.25, -0.2) is 9.78 Å². The molecule has 0 aliphatic carbocycles. The third-order valence-electron chi connectivity index (χ3n) is 4.87. The van der Waals surface area contributed by atoms with Gasteiger partial charge >= 0.3 is 5.97 Å². The summed E-state index contributed by atoms with van der Waals surface area (Å²) in [5.74, 6) is 0.196. The van der Waals surface area contributed by atoms with Crippen LogP contribution < -0.4 is 10.1 Å². The van der Waals surface area contributed by atoms with Crippen molar-refractivity contribution in [3.05, 3.63) is 89.5 Å². The predicted molar refractivity (Wildman–Crippen MR) is 125 cm³/mol. The molecule has 3 aromatic carbocycles. The van der Waals surface area contributed by atoms with Crippen LogP contribution in [0.5, 0.6) is 5.75 Å². The number of carbonyl (C=O) groups is 2. The first-order chi connectivity index (χ1) is 16.1. The highest BCUT2D eigenvalue weighted by molar-refractivity contribution is 7.98. The van der Waals surface area contributed by atoms with E-state index >= 15 is 0 Å². The van der Waals surface area contributed by atoms with E-state index in [0.717, 1.165) is 16.6 Å². The van der Waals surface area contributed by atoms with Crippen molar-refractivity contribution in [3.8, 4) is 5.75 Å². The molecule has 33 heavy (non-hydrogen) atoms. The zero-order chi connectivity index (χ0) is 23.0. The molecule has 0 aliphatic rings. The van der Waals surface area contributed by atoms with Gasteiger partial charge in [-0.2, -0.15) is 0 Å². The number of nitrogens with one attached hydrogen (secondary N) is 1. The number of para-hydroxylation sites is 3. The Balaban J connectivity index is 1.32. The van der Waals surface area contributed by atoms with E-state index < -0.39 is 11.9 Å². The van der Waals surface area contributed by atoms with E-state index in [9.17, 15) is 9.59 Å². The van der Waals surface area contributed by atoms with Crippen LogP contribution in [0.15, 0.2) is 82.4 Å². The third kappa shape index (κ3) is 5.72. The van der Waals surface area contributed by atoms with E-state index in [1.165, 1.54) is 11.8 Å². The number of thioether (sulfide) groups is 1. The molecule has 4 aromatic rings. The summed E-state index contributed by atoms with van der Waals surface area (Å²) in [5.41, 5.74) is 3.50. The monoisotopic (exact) mass is 462 g/mol. The lowest BCUT2D eigenvalue weighted by Crippen LogP contribution is -2.28. The van der Waals surface area contributed by atoms with Crippen molar-refractivity contribution in [1.82, 2.24) is 10.3 Å². The zero-order valence-electron chi connectivity index (χ0n) is 17.9. The summed E-state index contributed by atoms with van der Waals surface area (Å²) in [5, 5.41) is 3.26. The van der Waals surface area contributed by atoms with Crippen molar-refractivity contribution in [1.29, 1.82) is 0 Å². The first-order valence-corrected chi connectivity index (χ1v) is 11.2. The van der Waals surface area contributed by atoms with E-state index in [-0.39, 0.29) is 13.2 Å². The highest BCUT2D eigenvalue weighted by Gasteiger charge is 2.16. The average molecular weight is 463 g/mol. The standard InChI is InChI=1S/C25H22N2O5S/c1-30-21-12-6-3-8-17(21)14-26-23(28)15-31-24(29)19-10-4-2-9-18(19)16-33-25-27-20-11-5-7-13-22(20)32-25/h2-13H,14-16H2,1H3,(H,26,28). The normalized spacial score (nSPS) is 10.7. The van der Waals surface area contributed by atoms with Crippen LogP contribution in [0.25, 0.3) is 11.1 Å². The van der Waals surface area contributed by atoms with Gasteiger partial charge in [-0.05, 0) is 29.8 Å². The lowest BCUT2D eigenvalue weighted by Gasteiger charge is -2.11. The Morgan fingerprint density at radius 3 is 2.52 bits per heavy atom. The molecule has 1 N–H and O–H groups in total. The lowest BCUT2D eigenvalue weighted by molar-refractivity contribution is -0.124. The van der Waals surface area contributed by atoms with Gasteiger partial charge in [0.25, 0.3) is 11.1 Å². The lowest BCUT2D eigenvalue weighted by atomic mass is 10.1. The number of benzene rings is 3. The Labute approximate surface area is 195 Å². The molecule has 1 heterocycles. The molecule has 8 heteroatoms. The highest BCUT2D eigenvalue weighted by Crippen LogP contribution is 2.27. The van der Waals surface area contributed by atoms with Gasteiger partial charge in [-0.15, -0.1) is 0 Å². The van der Waals surface area contributed by atoms with Crippen LogP contribution in [-0.2, 0) is 21.8 Å². The van der Waals surface area contributed by atoms with Crippen LogP contribution in [-0.4, -0.2) is 30.6 Å². The Bertz CT molecular complexity index is 1240. The molecule has 0 aliphatic heterocycles. The molecular formula is C25H22N2O5S. The number of hydrogen-bond donors (Lipinski definition) is 1. The third-order valence-corrected chi connectivity index (χ3v) is 5.74. The van der Waals surface area contributed by atoms with Crippen LogP contribution in [0, 0.1) is 0 Å². The number of amides is 1. The van der Waals surface area contributed by atoms with Gasteiger partial charge in [-0.3, -0.25) is 4.79 Å².